The van der Waals surface area contributed by atoms with Gasteiger partial charge in [-0.15, -0.1) is 0 Å². The van der Waals surface area contributed by atoms with Crippen LogP contribution in [0.25, 0.3) is 0 Å². The lowest BCUT2D eigenvalue weighted by Gasteiger charge is -2.34. The minimum Gasteiger partial charge on any atom is -0.404 e. The second kappa shape index (κ2) is 3.31. The van der Waals surface area contributed by atoms with Gasteiger partial charge < -0.3 is 11.1 Å². The molecule has 2 fully saturated rings. The largest absolute Gasteiger partial charge is 0.404 e. The number of hydrogen-bond donors (Lipinski definition) is 2. The molecule has 0 aromatic carbocycles. The van der Waals surface area contributed by atoms with Gasteiger partial charge in [-0.2, -0.15) is 4.31 Å². The molecule has 6 heteroatoms. The molecule has 2 atom stereocenters. The van der Waals surface area contributed by atoms with Crippen molar-refractivity contribution in [2.75, 3.05) is 6.26 Å². The summed E-state index contributed by atoms with van der Waals surface area (Å²) in [4.78, 5) is 0. The number of hydrogen-bond acceptors (Lipinski definition) is 4. The number of rotatable bonds is 1. The van der Waals surface area contributed by atoms with Gasteiger partial charge in [0.25, 0.3) is 0 Å². The minimum atomic E-state index is -3.19. The zero-order chi connectivity index (χ0) is 11.2. The van der Waals surface area contributed by atoms with Gasteiger partial charge in [-0.25, -0.2) is 8.42 Å². The number of fused-ring (bicyclic) bond motifs is 2. The van der Waals surface area contributed by atoms with E-state index in [-0.39, 0.29) is 12.1 Å². The molecule has 0 radical (unpaired) electrons. The number of nitrogens with two attached hydrogens (primary N) is 1. The monoisotopic (exact) mass is 229 g/mol. The second-order valence-electron chi connectivity index (χ2n) is 4.14. The minimum absolute atomic E-state index is 0.0267. The summed E-state index contributed by atoms with van der Waals surface area (Å²) in [6.07, 6.45) is 4.71. The molecule has 0 aromatic heterocycles. The molecule has 2 unspecified atom stereocenters. The molecule has 2 heterocycles. The van der Waals surface area contributed by atoms with E-state index in [9.17, 15) is 8.42 Å². The fourth-order valence-electron chi connectivity index (χ4n) is 2.61. The Balaban J connectivity index is 2.43. The molecular weight excluding hydrogens is 214 g/mol. The summed E-state index contributed by atoms with van der Waals surface area (Å²) in [5.41, 5.74) is 6.63. The third kappa shape index (κ3) is 1.57. The van der Waals surface area contributed by atoms with Crippen LogP contribution < -0.4 is 5.73 Å². The first-order valence-electron chi connectivity index (χ1n) is 4.93. The van der Waals surface area contributed by atoms with Crippen LogP contribution in [0.15, 0.2) is 11.8 Å². The van der Waals surface area contributed by atoms with Crippen molar-refractivity contribution in [1.82, 2.24) is 4.31 Å². The smallest absolute Gasteiger partial charge is 0.212 e. The quantitative estimate of drug-likeness (QED) is 0.665. The van der Waals surface area contributed by atoms with Gasteiger partial charge in [0.1, 0.15) is 0 Å². The highest BCUT2D eigenvalue weighted by atomic mass is 32.2. The van der Waals surface area contributed by atoms with Crippen LogP contribution in [0.3, 0.4) is 0 Å². The van der Waals surface area contributed by atoms with Crippen molar-refractivity contribution in [2.24, 2.45) is 5.73 Å². The maximum absolute atomic E-state index is 11.6. The van der Waals surface area contributed by atoms with Gasteiger partial charge in [0.15, 0.2) is 0 Å². The van der Waals surface area contributed by atoms with Crippen molar-refractivity contribution in [3.8, 4) is 0 Å². The predicted molar refractivity (Wildman–Crippen MR) is 58.1 cm³/mol. The van der Waals surface area contributed by atoms with Crippen molar-refractivity contribution < 1.29 is 8.42 Å². The van der Waals surface area contributed by atoms with Gasteiger partial charge in [-0.05, 0) is 12.8 Å². The summed E-state index contributed by atoms with van der Waals surface area (Å²) in [7, 11) is -3.19. The highest BCUT2D eigenvalue weighted by molar-refractivity contribution is 7.88. The van der Waals surface area contributed by atoms with Crippen LogP contribution in [0.4, 0.5) is 0 Å². The van der Waals surface area contributed by atoms with Gasteiger partial charge in [-0.1, -0.05) is 0 Å². The summed E-state index contributed by atoms with van der Waals surface area (Å²) >= 11 is 0. The molecule has 2 rings (SSSR count). The molecular formula is C9H15N3O2S. The Morgan fingerprint density at radius 2 is 2.20 bits per heavy atom. The SMILES string of the molecule is CS(=O)(=O)N1C2CCC1/C(=C/N)C(=N)C2. The van der Waals surface area contributed by atoms with E-state index in [1.165, 1.54) is 16.8 Å². The maximum Gasteiger partial charge on any atom is 0.212 e. The third-order valence-corrected chi connectivity index (χ3v) is 4.47. The van der Waals surface area contributed by atoms with Crippen LogP contribution in [0.5, 0.6) is 0 Å². The molecule has 2 saturated heterocycles. The van der Waals surface area contributed by atoms with Crippen LogP contribution in [0, 0.1) is 5.41 Å². The summed E-state index contributed by atoms with van der Waals surface area (Å²) in [5.74, 6) is 0. The zero-order valence-electron chi connectivity index (χ0n) is 8.60. The van der Waals surface area contributed by atoms with Crippen molar-refractivity contribution in [3.63, 3.8) is 0 Å². The molecule has 0 spiro atoms. The zero-order valence-corrected chi connectivity index (χ0v) is 9.42. The van der Waals surface area contributed by atoms with E-state index in [1.807, 2.05) is 0 Å². The average Bonchev–Trinajstić information content (AvgIpc) is 2.43. The molecule has 2 aliphatic heterocycles. The lowest BCUT2D eigenvalue weighted by atomic mass is 9.98. The van der Waals surface area contributed by atoms with E-state index >= 15 is 0 Å². The third-order valence-electron chi connectivity index (χ3n) is 3.15. The fraction of sp³-hybridized carbons (Fsp3) is 0.667. The Morgan fingerprint density at radius 1 is 1.53 bits per heavy atom. The molecule has 84 valence electrons. The van der Waals surface area contributed by atoms with Gasteiger partial charge in [0.05, 0.1) is 12.3 Å². The van der Waals surface area contributed by atoms with Crippen LogP contribution in [-0.2, 0) is 10.0 Å². The maximum atomic E-state index is 11.6. The fourth-order valence-corrected chi connectivity index (χ4v) is 4.01. The molecule has 0 saturated carbocycles. The number of sulfonamides is 1. The van der Waals surface area contributed by atoms with Crippen molar-refractivity contribution in [2.45, 2.75) is 31.3 Å². The van der Waals surface area contributed by atoms with Gasteiger partial charge >= 0.3 is 0 Å². The van der Waals surface area contributed by atoms with Gasteiger partial charge in [-0.3, -0.25) is 0 Å². The number of piperidine rings is 1. The van der Waals surface area contributed by atoms with Crippen LogP contribution >= 0.6 is 0 Å². The molecule has 15 heavy (non-hydrogen) atoms. The first-order valence-corrected chi connectivity index (χ1v) is 6.78. The Hall–Kier alpha value is -0.880. The standard InChI is InChI=1S/C9H15N3O2S/c1-15(13,14)12-6-2-3-9(12)7(5-10)8(11)4-6/h5-6,9,11H,2-4,10H2,1H3/b7-5+,11-8?. The van der Waals surface area contributed by atoms with Crippen molar-refractivity contribution in [1.29, 1.82) is 5.41 Å². The summed E-state index contributed by atoms with van der Waals surface area (Å²) in [6, 6.07) is -0.225. The molecule has 0 amide bonds. The topological polar surface area (TPSA) is 87.2 Å². The first kappa shape index (κ1) is 10.6. The lowest BCUT2D eigenvalue weighted by molar-refractivity contribution is 0.343. The normalized spacial score (nSPS) is 35.0. The van der Waals surface area contributed by atoms with Crippen LogP contribution in [0.1, 0.15) is 19.3 Å². The highest BCUT2D eigenvalue weighted by Gasteiger charge is 2.46. The van der Waals surface area contributed by atoms with Crippen molar-refractivity contribution in [3.05, 3.63) is 11.8 Å². The van der Waals surface area contributed by atoms with Crippen molar-refractivity contribution >= 4 is 15.7 Å². The molecule has 2 aliphatic rings. The van der Waals surface area contributed by atoms with E-state index in [4.69, 9.17) is 11.1 Å². The predicted octanol–water partition coefficient (Wildman–Crippen LogP) is 0.0451. The summed E-state index contributed by atoms with van der Waals surface area (Å²) in [6.45, 7) is 0. The Labute approximate surface area is 89.5 Å². The molecule has 5 nitrogen and oxygen atoms in total. The van der Waals surface area contributed by atoms with E-state index in [0.29, 0.717) is 17.7 Å². The second-order valence-corrected chi connectivity index (χ2v) is 6.03. The molecule has 0 aromatic rings. The molecule has 0 aliphatic carbocycles. The summed E-state index contributed by atoms with van der Waals surface area (Å²) < 4.78 is 24.7. The van der Waals surface area contributed by atoms with Crippen LogP contribution in [-0.4, -0.2) is 36.8 Å². The van der Waals surface area contributed by atoms with Crippen LogP contribution in [0.2, 0.25) is 0 Å². The van der Waals surface area contributed by atoms with E-state index in [2.05, 4.69) is 0 Å². The Morgan fingerprint density at radius 3 is 2.73 bits per heavy atom. The molecule has 3 N–H and O–H groups in total. The highest BCUT2D eigenvalue weighted by Crippen LogP contribution is 2.38. The lowest BCUT2D eigenvalue weighted by Crippen LogP contribution is -2.47. The number of nitrogens with zero attached hydrogens (tertiary/aromatic N) is 1. The Kier molecular flexibility index (Phi) is 2.35. The average molecular weight is 229 g/mol. The van der Waals surface area contributed by atoms with E-state index < -0.39 is 10.0 Å². The Bertz CT molecular complexity index is 427. The van der Waals surface area contributed by atoms with E-state index in [0.717, 1.165) is 12.8 Å². The van der Waals surface area contributed by atoms with Gasteiger partial charge in [0, 0.05) is 29.9 Å². The van der Waals surface area contributed by atoms with E-state index in [1.54, 1.807) is 0 Å². The molecule has 2 bridgehead atoms. The number of nitrogens with one attached hydrogen (secondary N) is 1. The summed E-state index contributed by atoms with van der Waals surface area (Å²) in [5, 5.41) is 7.77. The van der Waals surface area contributed by atoms with Gasteiger partial charge in [0.2, 0.25) is 10.0 Å². The first-order chi connectivity index (χ1) is 6.95.